The Kier molecular flexibility index (Phi) is 3.99. The average Bonchev–Trinajstić information content (AvgIpc) is 2.64. The summed E-state index contributed by atoms with van der Waals surface area (Å²) in [6.07, 6.45) is 0.857. The van der Waals surface area contributed by atoms with E-state index >= 15 is 0 Å². The SMILES string of the molecule is CCc1c(C)sc2[nH]c(=S)n(CCOC)c(=O)c12. The fourth-order valence-corrected chi connectivity index (χ4v) is 3.57. The Balaban J connectivity index is 2.75. The lowest BCUT2D eigenvalue weighted by Gasteiger charge is -2.06. The number of methoxy groups -OCH3 is 1. The van der Waals surface area contributed by atoms with Crippen molar-refractivity contribution < 1.29 is 4.74 Å². The molecule has 0 aromatic carbocycles. The minimum atomic E-state index is -0.00741. The zero-order valence-corrected chi connectivity index (χ0v) is 12.3. The van der Waals surface area contributed by atoms with E-state index in [2.05, 4.69) is 11.9 Å². The van der Waals surface area contributed by atoms with Crippen LogP contribution in [0.25, 0.3) is 10.2 Å². The minimum absolute atomic E-state index is 0.00741. The van der Waals surface area contributed by atoms with E-state index in [1.165, 1.54) is 4.88 Å². The lowest BCUT2D eigenvalue weighted by Crippen LogP contribution is -2.24. The standard InChI is InChI=1S/C12H16N2O2S2/c1-4-8-7(2)18-10-9(8)11(15)14(5-6-16-3)12(17)13-10/h4-6H2,1-3H3,(H,13,17). The van der Waals surface area contributed by atoms with Gasteiger partial charge in [0.15, 0.2) is 4.77 Å². The number of thiophene rings is 1. The summed E-state index contributed by atoms with van der Waals surface area (Å²) in [5.74, 6) is 0. The van der Waals surface area contributed by atoms with Crippen molar-refractivity contribution in [2.45, 2.75) is 26.8 Å². The van der Waals surface area contributed by atoms with E-state index < -0.39 is 0 Å². The van der Waals surface area contributed by atoms with Crippen LogP contribution in [0.15, 0.2) is 4.79 Å². The van der Waals surface area contributed by atoms with Crippen molar-refractivity contribution in [3.8, 4) is 0 Å². The molecular formula is C12H16N2O2S2. The van der Waals surface area contributed by atoms with Gasteiger partial charge in [0.2, 0.25) is 0 Å². The molecule has 98 valence electrons. The molecule has 6 heteroatoms. The highest BCUT2D eigenvalue weighted by Gasteiger charge is 2.14. The van der Waals surface area contributed by atoms with E-state index in [0.29, 0.717) is 17.9 Å². The monoisotopic (exact) mass is 284 g/mol. The second kappa shape index (κ2) is 5.34. The molecule has 0 spiro atoms. The first-order chi connectivity index (χ1) is 8.60. The van der Waals surface area contributed by atoms with Gasteiger partial charge in [-0.05, 0) is 31.1 Å². The van der Waals surface area contributed by atoms with Gasteiger partial charge in [0, 0.05) is 12.0 Å². The molecule has 0 saturated carbocycles. The number of aromatic nitrogens is 2. The molecule has 0 unspecified atom stereocenters. The molecule has 0 bridgehead atoms. The van der Waals surface area contributed by atoms with Crippen LogP contribution in [0, 0.1) is 11.7 Å². The minimum Gasteiger partial charge on any atom is -0.383 e. The molecule has 0 fully saturated rings. The molecule has 4 nitrogen and oxygen atoms in total. The number of hydrogen-bond donors (Lipinski definition) is 1. The molecule has 0 radical (unpaired) electrons. The van der Waals surface area contributed by atoms with Crippen LogP contribution in [0.3, 0.4) is 0 Å². The number of hydrogen-bond acceptors (Lipinski definition) is 4. The molecule has 2 aromatic rings. The van der Waals surface area contributed by atoms with Gasteiger partial charge in [-0.2, -0.15) is 0 Å². The largest absolute Gasteiger partial charge is 0.383 e. The molecule has 1 N–H and O–H groups in total. The number of H-pyrrole nitrogens is 1. The van der Waals surface area contributed by atoms with Crippen molar-refractivity contribution in [2.75, 3.05) is 13.7 Å². The number of rotatable bonds is 4. The maximum absolute atomic E-state index is 12.5. The highest BCUT2D eigenvalue weighted by atomic mass is 32.1. The molecule has 2 rings (SSSR count). The molecule has 2 aromatic heterocycles. The zero-order chi connectivity index (χ0) is 13.3. The molecule has 18 heavy (non-hydrogen) atoms. The number of ether oxygens (including phenoxy) is 1. The second-order valence-electron chi connectivity index (χ2n) is 4.07. The number of fused-ring (bicyclic) bond motifs is 1. The molecule has 0 aliphatic carbocycles. The quantitative estimate of drug-likeness (QED) is 0.878. The van der Waals surface area contributed by atoms with Gasteiger partial charge in [-0.3, -0.25) is 9.36 Å². The number of aromatic amines is 1. The first kappa shape index (κ1) is 13.5. The van der Waals surface area contributed by atoms with Crippen LogP contribution < -0.4 is 5.56 Å². The van der Waals surface area contributed by atoms with Gasteiger partial charge in [0.25, 0.3) is 5.56 Å². The summed E-state index contributed by atoms with van der Waals surface area (Å²) in [5.41, 5.74) is 1.12. The third kappa shape index (κ3) is 2.15. The van der Waals surface area contributed by atoms with Crippen molar-refractivity contribution >= 4 is 33.8 Å². The summed E-state index contributed by atoms with van der Waals surface area (Å²) >= 11 is 6.82. The third-order valence-electron chi connectivity index (χ3n) is 3.01. The third-order valence-corrected chi connectivity index (χ3v) is 4.39. The number of nitrogens with one attached hydrogen (secondary N) is 1. The van der Waals surface area contributed by atoms with Crippen molar-refractivity contribution in [2.24, 2.45) is 0 Å². The van der Waals surface area contributed by atoms with Crippen molar-refractivity contribution in [1.29, 1.82) is 0 Å². The van der Waals surface area contributed by atoms with Crippen LogP contribution in [0.5, 0.6) is 0 Å². The lowest BCUT2D eigenvalue weighted by molar-refractivity contribution is 0.185. The summed E-state index contributed by atoms with van der Waals surface area (Å²) in [4.78, 5) is 17.7. The topological polar surface area (TPSA) is 47.0 Å². The first-order valence-corrected chi connectivity index (χ1v) is 7.06. The van der Waals surface area contributed by atoms with E-state index in [-0.39, 0.29) is 5.56 Å². The van der Waals surface area contributed by atoms with Crippen LogP contribution in [-0.2, 0) is 17.7 Å². The maximum Gasteiger partial charge on any atom is 0.263 e. The Labute approximate surface area is 114 Å². The van der Waals surface area contributed by atoms with Gasteiger partial charge in [-0.1, -0.05) is 6.92 Å². The molecular weight excluding hydrogens is 268 g/mol. The number of nitrogens with zero attached hydrogens (tertiary/aromatic N) is 1. The predicted molar refractivity (Wildman–Crippen MR) is 77.3 cm³/mol. The molecule has 0 saturated heterocycles. The van der Waals surface area contributed by atoms with Gasteiger partial charge in [0.1, 0.15) is 4.83 Å². The molecule has 2 heterocycles. The van der Waals surface area contributed by atoms with Crippen LogP contribution in [0.2, 0.25) is 0 Å². The van der Waals surface area contributed by atoms with Gasteiger partial charge in [0.05, 0.1) is 18.5 Å². The summed E-state index contributed by atoms with van der Waals surface area (Å²) in [7, 11) is 1.61. The Bertz CT molecular complexity index is 682. The maximum atomic E-state index is 12.5. The molecule has 0 aliphatic rings. The van der Waals surface area contributed by atoms with E-state index in [4.69, 9.17) is 17.0 Å². The van der Waals surface area contributed by atoms with Gasteiger partial charge in [-0.15, -0.1) is 11.3 Å². The lowest BCUT2D eigenvalue weighted by atomic mass is 10.1. The predicted octanol–water partition coefficient (Wildman–Crippen LogP) is 2.64. The Morgan fingerprint density at radius 1 is 1.50 bits per heavy atom. The van der Waals surface area contributed by atoms with E-state index in [0.717, 1.165) is 22.2 Å². The summed E-state index contributed by atoms with van der Waals surface area (Å²) < 4.78 is 7.05. The van der Waals surface area contributed by atoms with Crippen molar-refractivity contribution in [3.63, 3.8) is 0 Å². The normalized spacial score (nSPS) is 11.3. The van der Waals surface area contributed by atoms with Crippen LogP contribution in [0.4, 0.5) is 0 Å². The van der Waals surface area contributed by atoms with Gasteiger partial charge >= 0.3 is 0 Å². The smallest absolute Gasteiger partial charge is 0.263 e. The van der Waals surface area contributed by atoms with Crippen LogP contribution in [-0.4, -0.2) is 23.3 Å². The zero-order valence-electron chi connectivity index (χ0n) is 10.7. The van der Waals surface area contributed by atoms with E-state index in [9.17, 15) is 4.79 Å². The van der Waals surface area contributed by atoms with Crippen LogP contribution in [0.1, 0.15) is 17.4 Å². The van der Waals surface area contributed by atoms with E-state index in [1.54, 1.807) is 23.0 Å². The van der Waals surface area contributed by atoms with Gasteiger partial charge < -0.3 is 9.72 Å². The highest BCUT2D eigenvalue weighted by Crippen LogP contribution is 2.27. The van der Waals surface area contributed by atoms with Crippen molar-refractivity contribution in [3.05, 3.63) is 25.6 Å². The molecule has 0 atom stereocenters. The van der Waals surface area contributed by atoms with E-state index in [1.807, 2.05) is 6.92 Å². The highest BCUT2D eigenvalue weighted by molar-refractivity contribution is 7.71. The Morgan fingerprint density at radius 2 is 2.22 bits per heavy atom. The van der Waals surface area contributed by atoms with Crippen LogP contribution >= 0.6 is 23.6 Å². The average molecular weight is 284 g/mol. The molecule has 0 aliphatic heterocycles. The molecule has 0 amide bonds. The fraction of sp³-hybridized carbons (Fsp3) is 0.500. The van der Waals surface area contributed by atoms with Gasteiger partial charge in [-0.25, -0.2) is 0 Å². The summed E-state index contributed by atoms with van der Waals surface area (Å²) in [5, 5.41) is 0.782. The summed E-state index contributed by atoms with van der Waals surface area (Å²) in [6.45, 7) is 5.07. The summed E-state index contributed by atoms with van der Waals surface area (Å²) in [6, 6.07) is 0. The fourth-order valence-electron chi connectivity index (χ4n) is 2.10. The second-order valence-corrected chi connectivity index (χ2v) is 5.69. The Morgan fingerprint density at radius 3 is 2.83 bits per heavy atom. The first-order valence-electron chi connectivity index (χ1n) is 5.84. The number of aryl methyl sites for hydroxylation is 2. The van der Waals surface area contributed by atoms with Crippen molar-refractivity contribution in [1.82, 2.24) is 9.55 Å². The Hall–Kier alpha value is -0.980.